The van der Waals surface area contributed by atoms with Gasteiger partial charge in [0.05, 0.1) is 41.9 Å². The number of piperidine rings is 4. The van der Waals surface area contributed by atoms with Crippen LogP contribution in [0.2, 0.25) is 20.1 Å². The van der Waals surface area contributed by atoms with E-state index in [9.17, 15) is 22.4 Å². The molecule has 4 amide bonds. The van der Waals surface area contributed by atoms with E-state index in [1.165, 1.54) is 47.5 Å². The lowest BCUT2D eigenvalue weighted by molar-refractivity contribution is 0.156. The third-order valence-electron chi connectivity index (χ3n) is 25.7. The molecule has 4 aromatic carbocycles. The topological polar surface area (TPSA) is 405 Å². The normalized spacial score (nSPS) is 15.4. The minimum Gasteiger partial charge on any atom is -0.331 e. The van der Waals surface area contributed by atoms with Crippen molar-refractivity contribution in [2.75, 3.05) is 155 Å². The third-order valence-corrected chi connectivity index (χ3v) is 28.8. The number of aromatic amines is 4. The van der Waals surface area contributed by atoms with Crippen molar-refractivity contribution in [1.82, 2.24) is 114 Å². The van der Waals surface area contributed by atoms with Crippen LogP contribution in [0.25, 0.3) is 0 Å². The molecule has 0 bridgehead atoms. The second-order valence-corrected chi connectivity index (χ2v) is 40.4. The highest BCUT2D eigenvalue weighted by Gasteiger charge is 2.33. The van der Waals surface area contributed by atoms with E-state index in [1.54, 1.807) is 72.9 Å². The number of halogens is 6. The van der Waals surface area contributed by atoms with Crippen LogP contribution in [-0.2, 0) is 10.0 Å². The van der Waals surface area contributed by atoms with Gasteiger partial charge >= 0.3 is 12.1 Å². The molecule has 17 rings (SSSR count). The van der Waals surface area contributed by atoms with Gasteiger partial charge in [-0.2, -0.15) is 40.3 Å². The van der Waals surface area contributed by atoms with Gasteiger partial charge in [-0.25, -0.2) is 51.0 Å². The van der Waals surface area contributed by atoms with E-state index in [0.717, 1.165) is 171 Å². The van der Waals surface area contributed by atoms with Crippen LogP contribution < -0.4 is 42.5 Å². The fraction of sp³-hybridized carbons (Fsp3) is 0.443. The molecule has 0 radical (unpaired) electrons. The van der Waals surface area contributed by atoms with Gasteiger partial charge in [0.25, 0.3) is 0 Å². The second-order valence-electron chi connectivity index (χ2n) is 36.7. The van der Waals surface area contributed by atoms with Crippen LogP contribution >= 0.6 is 46.4 Å². The van der Waals surface area contributed by atoms with E-state index in [1.807, 2.05) is 81.7 Å². The Balaban J connectivity index is 0.000000148. The number of hydrogen-bond acceptors (Lipinski definition) is 26. The lowest BCUT2D eigenvalue weighted by atomic mass is 9.85. The first-order valence-corrected chi connectivity index (χ1v) is 50.2. The number of rotatable bonds is 26. The highest BCUT2D eigenvalue weighted by molar-refractivity contribution is 7.89. The summed E-state index contributed by atoms with van der Waals surface area (Å²) in [4.78, 5) is 71.1. The average Bonchev–Trinajstić information content (AvgIpc) is 1.00. The van der Waals surface area contributed by atoms with Crippen LogP contribution in [0.3, 0.4) is 0 Å². The van der Waals surface area contributed by atoms with Crippen molar-refractivity contribution >= 4 is 162 Å². The predicted molar refractivity (Wildman–Crippen MR) is 549 cm³/mol. The number of aromatic nitrogens is 16. The van der Waals surface area contributed by atoms with Crippen molar-refractivity contribution < 1.29 is 26.8 Å². The molecule has 5 saturated heterocycles. The monoisotopic (exact) mass is 2000 g/mol. The van der Waals surface area contributed by atoms with Gasteiger partial charge in [0.15, 0.2) is 46.5 Å². The molecule has 0 spiro atoms. The molecule has 5 aliphatic rings. The number of urea groups is 2. The number of likely N-dealkylation sites (tertiary alicyclic amines) is 4. The van der Waals surface area contributed by atoms with Crippen LogP contribution in [0.5, 0.6) is 0 Å². The van der Waals surface area contributed by atoms with Gasteiger partial charge in [-0.05, 0) is 295 Å². The molecule has 13 heterocycles. The Hall–Kier alpha value is -12.2. The first-order chi connectivity index (χ1) is 66.5. The van der Waals surface area contributed by atoms with Crippen molar-refractivity contribution in [3.05, 3.63) is 208 Å². The summed E-state index contributed by atoms with van der Waals surface area (Å²) in [5.41, 5.74) is 17.4. The van der Waals surface area contributed by atoms with Crippen molar-refractivity contribution in [3.8, 4) is 0 Å². The summed E-state index contributed by atoms with van der Waals surface area (Å²) in [6.45, 7) is 32.5. The van der Waals surface area contributed by atoms with Gasteiger partial charge in [-0.1, -0.05) is 65.5 Å². The number of benzene rings is 4. The van der Waals surface area contributed by atoms with Gasteiger partial charge in [-0.15, -0.1) is 0 Å². The fourth-order valence-corrected chi connectivity index (χ4v) is 20.3. The Morgan fingerprint density at radius 1 is 0.381 bits per heavy atom. The molecule has 0 aliphatic carbocycles. The molecule has 5 aliphatic heterocycles. The van der Waals surface area contributed by atoms with E-state index < -0.39 is 10.0 Å². The van der Waals surface area contributed by atoms with Crippen LogP contribution in [0, 0.1) is 80.9 Å². The molecular formula is C97H125Cl4F2N31O4S. The van der Waals surface area contributed by atoms with Crippen molar-refractivity contribution in [3.63, 3.8) is 0 Å². The van der Waals surface area contributed by atoms with E-state index in [4.69, 9.17) is 46.4 Å². The van der Waals surface area contributed by atoms with Crippen molar-refractivity contribution in [1.29, 1.82) is 0 Å². The second kappa shape index (κ2) is 46.7. The molecule has 0 saturated carbocycles. The van der Waals surface area contributed by atoms with Gasteiger partial charge < -0.3 is 71.9 Å². The summed E-state index contributed by atoms with van der Waals surface area (Å²) >= 11 is 25.0. The summed E-state index contributed by atoms with van der Waals surface area (Å²) in [5, 5.41) is 54.4. The molecule has 0 unspecified atom stereocenters. The Morgan fingerprint density at radius 3 is 0.964 bits per heavy atom. The minimum absolute atomic E-state index is 0.0140. The Kier molecular flexibility index (Phi) is 34.5. The maximum Gasteiger partial charge on any atom is 0.319 e. The van der Waals surface area contributed by atoms with E-state index in [2.05, 4.69) is 192 Å². The number of nitrogens with one attached hydrogen (secondary N) is 12. The van der Waals surface area contributed by atoms with Crippen molar-refractivity contribution in [2.24, 2.45) is 0 Å². The van der Waals surface area contributed by atoms with E-state index >= 15 is 4.39 Å². The van der Waals surface area contributed by atoms with Crippen molar-refractivity contribution in [2.45, 2.75) is 170 Å². The standard InChI is InChI=1S/C28H39ClN8O2S.C24H31ClN8O.C23H28ClFN8O.C22H27ClFN7/c1-19-16-25(31-28-30-18-24(29)27(33-28)32-26-17-21(3)34-35-26)20(2)15-23(19)22-7-12-37(13-8-22)40(38,39)14-6-11-36-9-4-5-10-36;1-14-11-20(15(2)10-18(14)17-6-8-33(9-7-17)24(34)32(4)5)27-23-26-13-19(25)22(29-23)28-21-12-16(3)30-31-21;1-13-9-19(18(25)11-16(13)15-5-7-33(8-6-15)23(34)32(3)4)27-22-26-12-17(24)21(29-22)28-20-10-14(2)30-31-20;1-4-31-7-5-15(6-8-31)16-11-18(24)19(9-13(16)2)26-22-25-12-17(23)21(28-22)27-20-10-14(3)29-30-20/h15-18,22H,4-14H2,1-3H3,(H3,30,31,32,33,34,35);10-13,17H,6-9H2,1-5H3,(H3,26,27,28,29,30,31);9-12,15H,5-8H2,1-4H3,(H3,26,27,28,29,30,31);9-12,15H,4-8H2,1-3H3,(H3,25,26,27,28,29,30). The highest BCUT2D eigenvalue weighted by Crippen LogP contribution is 2.41. The molecular weight excluding hydrogens is 1880 g/mol. The fourth-order valence-electron chi connectivity index (χ4n) is 18.2. The SMILES string of the molecule is CCN1CCC(c2cc(F)c(Nc3ncc(Cl)c(Nc4cc(C)[nH]n4)n3)cc2C)CC1.Cc1cc(Nc2nc(Nc3cc(C)c(C4CCN(C(=O)N(C)C)CC4)cc3C)ncc2Cl)n[nH]1.Cc1cc(Nc2nc(Nc3cc(C)c(C4CCN(C(=O)N(C)C)CC4)cc3F)ncc2Cl)n[nH]1.Cc1cc(Nc2nc(Nc3cc(C)c(C4CCN(S(=O)(=O)CCCN5CCCC5)CC4)cc3C)ncc2Cl)n[nH]1. The van der Waals surface area contributed by atoms with Gasteiger partial charge in [0.2, 0.25) is 33.8 Å². The lowest BCUT2D eigenvalue weighted by Crippen LogP contribution is -2.43. The number of amides is 4. The molecule has 12 aromatic rings. The van der Waals surface area contributed by atoms with Crippen LogP contribution in [0.1, 0.15) is 180 Å². The first kappa shape index (κ1) is 103. The zero-order valence-corrected chi connectivity index (χ0v) is 85.2. The molecule has 139 heavy (non-hydrogen) atoms. The molecule has 740 valence electrons. The summed E-state index contributed by atoms with van der Waals surface area (Å²) in [5.74, 6) is 6.38. The largest absolute Gasteiger partial charge is 0.331 e. The van der Waals surface area contributed by atoms with Crippen LogP contribution in [0.15, 0.2) is 97.6 Å². The number of aryl methyl sites for hydroxylation is 10. The predicted octanol–water partition coefficient (Wildman–Crippen LogP) is 20.6. The third kappa shape index (κ3) is 27.3. The highest BCUT2D eigenvalue weighted by atomic mass is 35.5. The number of carbonyl (C=O) groups excluding carboxylic acids is 2. The summed E-state index contributed by atoms with van der Waals surface area (Å²) < 4.78 is 57.7. The minimum atomic E-state index is -3.20. The number of hydrogen-bond donors (Lipinski definition) is 12. The van der Waals surface area contributed by atoms with Gasteiger partial charge in [0.1, 0.15) is 31.7 Å². The molecule has 12 N–H and O–H groups in total. The summed E-state index contributed by atoms with van der Waals surface area (Å²) in [6.07, 6.45) is 16.5. The number of nitrogens with zero attached hydrogens (tertiary/aromatic N) is 19. The zero-order chi connectivity index (χ0) is 99.0. The average molecular weight is 2000 g/mol. The Morgan fingerprint density at radius 2 is 0.669 bits per heavy atom. The number of carbonyl (C=O) groups is 2. The Labute approximate surface area is 830 Å². The number of anilines is 16. The van der Waals surface area contributed by atoms with E-state index in [0.29, 0.717) is 135 Å². The smallest absolute Gasteiger partial charge is 0.319 e. The molecule has 5 fully saturated rings. The van der Waals surface area contributed by atoms with Gasteiger partial charge in [0, 0.05) is 126 Å². The first-order valence-electron chi connectivity index (χ1n) is 47.0. The van der Waals surface area contributed by atoms with E-state index in [-0.39, 0.29) is 53.0 Å². The van der Waals surface area contributed by atoms with Crippen LogP contribution in [0.4, 0.5) is 111 Å². The quantitative estimate of drug-likeness (QED) is 0.0239. The molecule has 0 atom stereocenters. The number of H-pyrrole nitrogens is 4. The summed E-state index contributed by atoms with van der Waals surface area (Å²) in [7, 11) is 3.90. The maximum absolute atomic E-state index is 15.1. The van der Waals surface area contributed by atoms with Gasteiger partial charge in [-0.3, -0.25) is 20.4 Å². The summed E-state index contributed by atoms with van der Waals surface area (Å²) in [6, 6.07) is 23.0. The Bertz CT molecular complexity index is 6190. The molecule has 35 nitrogen and oxygen atoms in total. The molecule has 42 heteroatoms. The maximum atomic E-state index is 15.1. The zero-order valence-electron chi connectivity index (χ0n) is 81.3. The lowest BCUT2D eigenvalue weighted by Gasteiger charge is -2.34. The molecule has 8 aromatic heterocycles. The number of sulfonamides is 1. The van der Waals surface area contributed by atoms with Crippen LogP contribution in [-0.4, -0.2) is 247 Å².